The highest BCUT2D eigenvalue weighted by Crippen LogP contribution is 2.20. The van der Waals surface area contributed by atoms with Crippen LogP contribution in [0.25, 0.3) is 0 Å². The van der Waals surface area contributed by atoms with Gasteiger partial charge in [0, 0.05) is 17.8 Å². The number of carbonyl (C=O) groups is 2. The number of H-pyrrole nitrogens is 1. The molecule has 0 radical (unpaired) electrons. The Balaban J connectivity index is 1.69. The van der Waals surface area contributed by atoms with Crippen LogP contribution in [-0.4, -0.2) is 22.0 Å². The lowest BCUT2D eigenvalue weighted by atomic mass is 10.1. The molecule has 0 aliphatic rings. The average molecular weight is 364 g/mol. The molecule has 0 atom stereocenters. The Morgan fingerprint density at radius 3 is 2.63 bits per heavy atom. The fourth-order valence-corrected chi connectivity index (χ4v) is 2.46. The third-order valence-corrected chi connectivity index (χ3v) is 3.77. The van der Waals surface area contributed by atoms with E-state index in [0.29, 0.717) is 12.1 Å². The smallest absolute Gasteiger partial charge is 0.276 e. The summed E-state index contributed by atoms with van der Waals surface area (Å²) in [5.74, 6) is -1.61. The summed E-state index contributed by atoms with van der Waals surface area (Å²) in [6, 6.07) is 15.3. The van der Waals surface area contributed by atoms with E-state index >= 15 is 0 Å². The largest absolute Gasteiger partial charge is 0.321 e. The minimum atomic E-state index is -0.617. The van der Waals surface area contributed by atoms with Crippen molar-refractivity contribution in [3.8, 4) is 0 Å². The van der Waals surface area contributed by atoms with Gasteiger partial charge in [-0.25, -0.2) is 4.39 Å². The molecule has 0 fully saturated rings. The molecule has 1 aromatic heterocycles. The van der Waals surface area contributed by atoms with Crippen LogP contribution in [0.2, 0.25) is 0 Å². The molecule has 0 spiro atoms. The van der Waals surface area contributed by atoms with E-state index in [2.05, 4.69) is 27.4 Å². The van der Waals surface area contributed by atoms with Crippen LogP contribution in [0.4, 0.5) is 15.8 Å². The van der Waals surface area contributed by atoms with Crippen LogP contribution < -0.4 is 10.6 Å². The molecule has 3 rings (SSSR count). The van der Waals surface area contributed by atoms with Crippen LogP contribution in [0.5, 0.6) is 0 Å². The Hall–Kier alpha value is -3.74. The van der Waals surface area contributed by atoms with Crippen LogP contribution in [0.15, 0.2) is 67.3 Å². The summed E-state index contributed by atoms with van der Waals surface area (Å²) in [7, 11) is 0. The zero-order valence-corrected chi connectivity index (χ0v) is 14.3. The highest BCUT2D eigenvalue weighted by atomic mass is 19.1. The van der Waals surface area contributed by atoms with Crippen LogP contribution in [0, 0.1) is 5.82 Å². The van der Waals surface area contributed by atoms with Gasteiger partial charge in [0.2, 0.25) is 5.91 Å². The Morgan fingerprint density at radius 2 is 1.89 bits per heavy atom. The molecule has 2 amide bonds. The Labute approximate surface area is 155 Å². The SMILES string of the molecule is C=CC(=O)Nc1cc(NC(=O)c2cc(Cc3ccccc3)[nH]n2)ccc1F. The van der Waals surface area contributed by atoms with E-state index in [-0.39, 0.29) is 11.4 Å². The molecule has 2 aromatic carbocycles. The van der Waals surface area contributed by atoms with Gasteiger partial charge in [-0.15, -0.1) is 0 Å². The standard InChI is InChI=1S/C20H17FN4O2/c1-2-19(26)23-17-11-14(8-9-16(17)21)22-20(27)18-12-15(24-25-18)10-13-6-4-3-5-7-13/h2-9,11-12H,1,10H2,(H,22,27)(H,23,26)(H,24,25). The van der Waals surface area contributed by atoms with Crippen LogP contribution in [0.1, 0.15) is 21.7 Å². The van der Waals surface area contributed by atoms with Gasteiger partial charge in [-0.2, -0.15) is 5.10 Å². The molecule has 0 saturated carbocycles. The number of aromatic nitrogens is 2. The van der Waals surface area contributed by atoms with E-state index in [1.165, 1.54) is 12.1 Å². The quantitative estimate of drug-likeness (QED) is 0.585. The second-order valence-corrected chi connectivity index (χ2v) is 5.78. The van der Waals surface area contributed by atoms with Crippen molar-refractivity contribution < 1.29 is 14.0 Å². The summed E-state index contributed by atoms with van der Waals surface area (Å²) < 4.78 is 13.8. The minimum Gasteiger partial charge on any atom is -0.321 e. The number of benzene rings is 2. The molecular weight excluding hydrogens is 347 g/mol. The number of halogens is 1. The highest BCUT2D eigenvalue weighted by molar-refractivity contribution is 6.04. The second kappa shape index (κ2) is 8.09. The number of hydrogen-bond donors (Lipinski definition) is 3. The first-order valence-electron chi connectivity index (χ1n) is 8.17. The van der Waals surface area contributed by atoms with Gasteiger partial charge in [0.1, 0.15) is 5.82 Å². The van der Waals surface area contributed by atoms with Gasteiger partial charge < -0.3 is 10.6 Å². The molecule has 27 heavy (non-hydrogen) atoms. The molecule has 0 aliphatic heterocycles. The maximum Gasteiger partial charge on any atom is 0.276 e. The van der Waals surface area contributed by atoms with Crippen molar-refractivity contribution in [1.82, 2.24) is 10.2 Å². The number of hydrogen-bond acceptors (Lipinski definition) is 3. The van der Waals surface area contributed by atoms with Crippen molar-refractivity contribution in [3.63, 3.8) is 0 Å². The van der Waals surface area contributed by atoms with Crippen LogP contribution in [-0.2, 0) is 11.2 Å². The van der Waals surface area contributed by atoms with Crippen molar-refractivity contribution in [3.05, 3.63) is 90.0 Å². The molecule has 1 heterocycles. The molecule has 6 nitrogen and oxygen atoms in total. The third-order valence-electron chi connectivity index (χ3n) is 3.77. The van der Waals surface area contributed by atoms with E-state index in [1.54, 1.807) is 6.07 Å². The molecule has 0 bridgehead atoms. The second-order valence-electron chi connectivity index (χ2n) is 5.78. The van der Waals surface area contributed by atoms with Gasteiger partial charge in [-0.05, 0) is 35.9 Å². The van der Waals surface area contributed by atoms with Gasteiger partial charge in [-0.1, -0.05) is 36.9 Å². The summed E-state index contributed by atoms with van der Waals surface area (Å²) in [6.07, 6.45) is 1.65. The lowest BCUT2D eigenvalue weighted by Gasteiger charge is -2.08. The lowest BCUT2D eigenvalue weighted by Crippen LogP contribution is -2.14. The number of aromatic amines is 1. The van der Waals surface area contributed by atoms with E-state index in [1.807, 2.05) is 30.3 Å². The molecule has 3 aromatic rings. The number of anilines is 2. The Morgan fingerprint density at radius 1 is 1.11 bits per heavy atom. The fraction of sp³-hybridized carbons (Fsp3) is 0.0500. The molecule has 3 N–H and O–H groups in total. The van der Waals surface area contributed by atoms with Gasteiger partial charge in [0.25, 0.3) is 5.91 Å². The van der Waals surface area contributed by atoms with Crippen molar-refractivity contribution in [2.45, 2.75) is 6.42 Å². The maximum absolute atomic E-state index is 13.8. The predicted octanol–water partition coefficient (Wildman–Crippen LogP) is 3.52. The zero-order chi connectivity index (χ0) is 19.2. The van der Waals surface area contributed by atoms with Crippen molar-refractivity contribution in [2.75, 3.05) is 10.6 Å². The summed E-state index contributed by atoms with van der Waals surface area (Å²) in [5.41, 5.74) is 2.37. The van der Waals surface area contributed by atoms with Gasteiger partial charge in [-0.3, -0.25) is 14.7 Å². The molecule has 0 aliphatic carbocycles. The predicted molar refractivity (Wildman–Crippen MR) is 101 cm³/mol. The summed E-state index contributed by atoms with van der Waals surface area (Å²) in [5, 5.41) is 11.8. The first-order valence-corrected chi connectivity index (χ1v) is 8.17. The van der Waals surface area contributed by atoms with Gasteiger partial charge in [0.05, 0.1) is 5.69 Å². The third kappa shape index (κ3) is 4.66. The fourth-order valence-electron chi connectivity index (χ4n) is 2.46. The number of rotatable bonds is 6. The lowest BCUT2D eigenvalue weighted by molar-refractivity contribution is -0.111. The first kappa shape index (κ1) is 18.1. The normalized spacial score (nSPS) is 10.3. The summed E-state index contributed by atoms with van der Waals surface area (Å²) in [6.45, 7) is 3.31. The topological polar surface area (TPSA) is 86.9 Å². The van der Waals surface area contributed by atoms with E-state index in [0.717, 1.165) is 23.4 Å². The van der Waals surface area contributed by atoms with E-state index in [4.69, 9.17) is 0 Å². The number of carbonyl (C=O) groups excluding carboxylic acids is 2. The monoisotopic (exact) mass is 364 g/mol. The van der Waals surface area contributed by atoms with Gasteiger partial charge >= 0.3 is 0 Å². The van der Waals surface area contributed by atoms with E-state index in [9.17, 15) is 14.0 Å². The maximum atomic E-state index is 13.8. The van der Waals surface area contributed by atoms with Crippen molar-refractivity contribution in [1.29, 1.82) is 0 Å². The van der Waals surface area contributed by atoms with E-state index < -0.39 is 17.6 Å². The highest BCUT2D eigenvalue weighted by Gasteiger charge is 2.13. The number of nitrogens with one attached hydrogen (secondary N) is 3. The summed E-state index contributed by atoms with van der Waals surface area (Å²) >= 11 is 0. The first-order chi connectivity index (χ1) is 13.0. The number of amides is 2. The van der Waals surface area contributed by atoms with Gasteiger partial charge in [0.15, 0.2) is 5.69 Å². The summed E-state index contributed by atoms with van der Waals surface area (Å²) in [4.78, 5) is 23.7. The minimum absolute atomic E-state index is 0.0514. The van der Waals surface area contributed by atoms with Crippen molar-refractivity contribution >= 4 is 23.2 Å². The average Bonchev–Trinajstić information content (AvgIpc) is 3.14. The van der Waals surface area contributed by atoms with Crippen LogP contribution >= 0.6 is 0 Å². The molecule has 136 valence electrons. The zero-order valence-electron chi connectivity index (χ0n) is 14.3. The molecular formula is C20H17FN4O2. The Bertz CT molecular complexity index is 983. The molecule has 0 unspecified atom stereocenters. The Kier molecular flexibility index (Phi) is 5.41. The van der Waals surface area contributed by atoms with Crippen LogP contribution in [0.3, 0.4) is 0 Å². The number of nitrogens with zero attached hydrogens (tertiary/aromatic N) is 1. The van der Waals surface area contributed by atoms with Crippen molar-refractivity contribution in [2.24, 2.45) is 0 Å². The molecule has 7 heteroatoms. The molecule has 0 saturated heterocycles.